The summed E-state index contributed by atoms with van der Waals surface area (Å²) in [6.45, 7) is 7.69. The Hall–Kier alpha value is -0.940. The summed E-state index contributed by atoms with van der Waals surface area (Å²) in [4.78, 5) is 16.1. The molecule has 1 aliphatic heterocycles. The van der Waals surface area contributed by atoms with Crippen LogP contribution in [0.5, 0.6) is 0 Å². The third-order valence-electron chi connectivity index (χ3n) is 3.51. The Morgan fingerprint density at radius 1 is 1.61 bits per heavy atom. The van der Waals surface area contributed by atoms with E-state index in [0.717, 1.165) is 17.2 Å². The lowest BCUT2D eigenvalue weighted by Crippen LogP contribution is -2.35. The Labute approximate surface area is 111 Å². The first kappa shape index (κ1) is 13.5. The maximum Gasteiger partial charge on any atom is 0.311 e. The fraction of sp³-hybridized carbons (Fsp3) is 0.692. The Balaban J connectivity index is 2.18. The summed E-state index contributed by atoms with van der Waals surface area (Å²) in [6, 6.07) is 0. The van der Waals surface area contributed by atoms with Gasteiger partial charge in [-0.25, -0.2) is 4.98 Å². The molecule has 1 saturated heterocycles. The van der Waals surface area contributed by atoms with E-state index in [-0.39, 0.29) is 5.41 Å². The first-order chi connectivity index (χ1) is 8.33. The van der Waals surface area contributed by atoms with E-state index in [4.69, 9.17) is 0 Å². The Kier molecular flexibility index (Phi) is 3.47. The topological polar surface area (TPSA) is 62.2 Å². The summed E-state index contributed by atoms with van der Waals surface area (Å²) >= 11 is 1.58. The fourth-order valence-electron chi connectivity index (χ4n) is 2.18. The molecule has 0 radical (unpaired) electrons. The molecule has 0 bridgehead atoms. The Morgan fingerprint density at radius 3 is 2.78 bits per heavy atom. The first-order valence-electron chi connectivity index (χ1n) is 6.22. The maximum absolute atomic E-state index is 11.5. The number of aromatic nitrogens is 1. The van der Waals surface area contributed by atoms with Crippen LogP contribution in [0.15, 0.2) is 5.38 Å². The average molecular weight is 268 g/mol. The van der Waals surface area contributed by atoms with Gasteiger partial charge in [0.05, 0.1) is 16.1 Å². The molecule has 1 fully saturated rings. The van der Waals surface area contributed by atoms with Crippen LogP contribution in [0.1, 0.15) is 37.9 Å². The molecule has 5 heteroatoms. The lowest BCUT2D eigenvalue weighted by Gasteiger charge is -2.21. The molecule has 1 aliphatic rings. The van der Waals surface area contributed by atoms with Crippen molar-refractivity contribution in [2.24, 2.45) is 5.41 Å². The van der Waals surface area contributed by atoms with Crippen LogP contribution in [0.2, 0.25) is 0 Å². The molecule has 0 spiro atoms. The van der Waals surface area contributed by atoms with Crippen LogP contribution in [0.3, 0.4) is 0 Å². The van der Waals surface area contributed by atoms with Crippen molar-refractivity contribution in [2.75, 3.05) is 13.1 Å². The summed E-state index contributed by atoms with van der Waals surface area (Å²) in [6.07, 6.45) is 1.23. The van der Waals surface area contributed by atoms with Gasteiger partial charge in [-0.1, -0.05) is 20.8 Å². The van der Waals surface area contributed by atoms with E-state index in [9.17, 15) is 9.90 Å². The van der Waals surface area contributed by atoms with E-state index >= 15 is 0 Å². The number of nitrogens with one attached hydrogen (secondary N) is 1. The van der Waals surface area contributed by atoms with Crippen LogP contribution < -0.4 is 5.32 Å². The minimum atomic E-state index is -0.708. The quantitative estimate of drug-likeness (QED) is 0.880. The zero-order valence-corrected chi connectivity index (χ0v) is 11.9. The number of nitrogens with zero attached hydrogens (tertiary/aromatic N) is 1. The molecule has 2 N–H and O–H groups in total. The first-order valence-corrected chi connectivity index (χ1v) is 7.10. The Morgan fingerprint density at radius 2 is 2.33 bits per heavy atom. The third kappa shape index (κ3) is 2.57. The SMILES string of the molecule is CC(C)(C)c1csc(CC2(C(=O)O)CCNC2)n1. The van der Waals surface area contributed by atoms with Gasteiger partial charge < -0.3 is 10.4 Å². The minimum absolute atomic E-state index is 0.0268. The number of hydrogen-bond acceptors (Lipinski definition) is 4. The van der Waals surface area contributed by atoms with Gasteiger partial charge in [0, 0.05) is 23.8 Å². The van der Waals surface area contributed by atoms with E-state index < -0.39 is 11.4 Å². The molecule has 1 unspecified atom stereocenters. The van der Waals surface area contributed by atoms with Gasteiger partial charge in [-0.2, -0.15) is 0 Å². The molecular formula is C13H20N2O2S. The number of hydrogen-bond donors (Lipinski definition) is 2. The molecule has 0 saturated carbocycles. The maximum atomic E-state index is 11.5. The molecule has 1 aromatic rings. The smallest absolute Gasteiger partial charge is 0.311 e. The molecule has 100 valence electrons. The van der Waals surface area contributed by atoms with Gasteiger partial charge >= 0.3 is 5.97 Å². The Bertz CT molecular complexity index is 442. The van der Waals surface area contributed by atoms with Gasteiger partial charge in [-0.05, 0) is 13.0 Å². The second-order valence-electron chi connectivity index (χ2n) is 6.07. The molecule has 1 aromatic heterocycles. The second kappa shape index (κ2) is 4.63. The number of rotatable bonds is 3. The molecule has 2 heterocycles. The minimum Gasteiger partial charge on any atom is -0.481 e. The van der Waals surface area contributed by atoms with Crippen molar-refractivity contribution in [2.45, 2.75) is 39.0 Å². The summed E-state index contributed by atoms with van der Waals surface area (Å²) in [5.74, 6) is -0.708. The van der Waals surface area contributed by atoms with E-state index in [1.165, 1.54) is 0 Å². The zero-order valence-electron chi connectivity index (χ0n) is 11.1. The highest BCUT2D eigenvalue weighted by atomic mass is 32.1. The van der Waals surface area contributed by atoms with Crippen LogP contribution in [0.25, 0.3) is 0 Å². The standard InChI is InChI=1S/C13H20N2O2S/c1-12(2,3)9-7-18-10(15-9)6-13(11(16)17)4-5-14-8-13/h7,14H,4-6,8H2,1-3H3,(H,16,17). The number of carbonyl (C=O) groups is 1. The fourth-order valence-corrected chi connectivity index (χ4v) is 3.34. The number of carboxylic acid groups (broad SMARTS) is 1. The summed E-state index contributed by atoms with van der Waals surface area (Å²) < 4.78 is 0. The van der Waals surface area contributed by atoms with Crippen LogP contribution in [-0.4, -0.2) is 29.1 Å². The molecule has 1 atom stereocenters. The van der Waals surface area contributed by atoms with Crippen LogP contribution in [-0.2, 0) is 16.6 Å². The molecule has 18 heavy (non-hydrogen) atoms. The van der Waals surface area contributed by atoms with Crippen LogP contribution in [0, 0.1) is 5.41 Å². The van der Waals surface area contributed by atoms with Gasteiger partial charge in [-0.15, -0.1) is 11.3 Å². The largest absolute Gasteiger partial charge is 0.481 e. The zero-order chi connectivity index (χ0) is 13.4. The van der Waals surface area contributed by atoms with E-state index in [1.54, 1.807) is 11.3 Å². The van der Waals surface area contributed by atoms with Crippen molar-refractivity contribution < 1.29 is 9.90 Å². The third-order valence-corrected chi connectivity index (χ3v) is 4.36. The highest BCUT2D eigenvalue weighted by Gasteiger charge is 2.42. The summed E-state index contributed by atoms with van der Waals surface area (Å²) in [7, 11) is 0. The van der Waals surface area contributed by atoms with Gasteiger partial charge in [0.1, 0.15) is 0 Å². The van der Waals surface area contributed by atoms with Crippen LogP contribution in [0.4, 0.5) is 0 Å². The van der Waals surface area contributed by atoms with Gasteiger partial charge in [-0.3, -0.25) is 4.79 Å². The van der Waals surface area contributed by atoms with Gasteiger partial charge in [0.2, 0.25) is 0 Å². The summed E-state index contributed by atoms with van der Waals surface area (Å²) in [5, 5.41) is 15.6. The average Bonchev–Trinajstić information content (AvgIpc) is 2.86. The van der Waals surface area contributed by atoms with E-state index in [0.29, 0.717) is 19.4 Å². The lowest BCUT2D eigenvalue weighted by atomic mass is 9.84. The van der Waals surface area contributed by atoms with E-state index in [1.807, 2.05) is 5.38 Å². The predicted molar refractivity (Wildman–Crippen MR) is 72.1 cm³/mol. The van der Waals surface area contributed by atoms with Crippen LogP contribution >= 0.6 is 11.3 Å². The van der Waals surface area contributed by atoms with Crippen molar-refractivity contribution in [1.82, 2.24) is 10.3 Å². The van der Waals surface area contributed by atoms with Crippen molar-refractivity contribution in [3.8, 4) is 0 Å². The summed E-state index contributed by atoms with van der Waals surface area (Å²) in [5.41, 5.74) is 0.417. The number of thiazole rings is 1. The normalized spacial score (nSPS) is 24.4. The molecule has 4 nitrogen and oxygen atoms in total. The highest BCUT2D eigenvalue weighted by molar-refractivity contribution is 7.09. The van der Waals surface area contributed by atoms with Crippen molar-refractivity contribution >= 4 is 17.3 Å². The van der Waals surface area contributed by atoms with Crippen molar-refractivity contribution in [1.29, 1.82) is 0 Å². The molecular weight excluding hydrogens is 248 g/mol. The lowest BCUT2D eigenvalue weighted by molar-refractivity contribution is -0.147. The highest BCUT2D eigenvalue weighted by Crippen LogP contribution is 2.33. The number of carboxylic acids is 1. The molecule has 0 aliphatic carbocycles. The molecule has 0 amide bonds. The predicted octanol–water partition coefficient (Wildman–Crippen LogP) is 2.05. The molecule has 2 rings (SSSR count). The monoisotopic (exact) mass is 268 g/mol. The second-order valence-corrected chi connectivity index (χ2v) is 7.01. The van der Waals surface area contributed by atoms with Crippen molar-refractivity contribution in [3.63, 3.8) is 0 Å². The van der Waals surface area contributed by atoms with Crippen molar-refractivity contribution in [3.05, 3.63) is 16.1 Å². The van der Waals surface area contributed by atoms with Gasteiger partial charge in [0.15, 0.2) is 0 Å². The van der Waals surface area contributed by atoms with Gasteiger partial charge in [0.25, 0.3) is 0 Å². The molecule has 0 aromatic carbocycles. The number of aliphatic carboxylic acids is 1. The van der Waals surface area contributed by atoms with E-state index in [2.05, 4.69) is 31.1 Å².